The molecule has 0 saturated carbocycles. The summed E-state index contributed by atoms with van der Waals surface area (Å²) < 4.78 is 5.90. The number of halogens is 1. The van der Waals surface area contributed by atoms with Crippen LogP contribution in [0.1, 0.15) is 40.7 Å². The van der Waals surface area contributed by atoms with E-state index in [1.807, 2.05) is 11.0 Å². The Balaban J connectivity index is 1.51. The molecule has 0 aliphatic carbocycles. The highest BCUT2D eigenvalue weighted by atomic mass is 35.5. The van der Waals surface area contributed by atoms with Crippen molar-refractivity contribution in [1.82, 2.24) is 9.80 Å². The molecule has 1 N–H and O–H groups in total. The van der Waals surface area contributed by atoms with E-state index >= 15 is 0 Å². The summed E-state index contributed by atoms with van der Waals surface area (Å²) in [5.74, 6) is 0.831. The molecule has 0 bridgehead atoms. The van der Waals surface area contributed by atoms with E-state index < -0.39 is 0 Å². The van der Waals surface area contributed by atoms with E-state index in [1.165, 1.54) is 18.4 Å². The molecular weight excluding hydrogens is 388 g/mol. The second-order valence-corrected chi connectivity index (χ2v) is 8.26. The van der Waals surface area contributed by atoms with Crippen molar-refractivity contribution in [2.45, 2.75) is 38.4 Å². The number of likely N-dealkylation sites (tertiary alicyclic amines) is 1. The second kappa shape index (κ2) is 9.16. The predicted molar refractivity (Wildman–Crippen MR) is 113 cm³/mol. The number of carbonyl (C=O) groups excluding carboxylic acids is 1. The number of aliphatic hydroxyl groups is 1. The summed E-state index contributed by atoms with van der Waals surface area (Å²) in [4.78, 5) is 17.1. The Morgan fingerprint density at radius 3 is 2.76 bits per heavy atom. The summed E-state index contributed by atoms with van der Waals surface area (Å²) in [6, 6.07) is 13.5. The predicted octanol–water partition coefficient (Wildman–Crippen LogP) is 3.72. The molecule has 0 spiro atoms. The van der Waals surface area contributed by atoms with Crippen molar-refractivity contribution in [3.05, 3.63) is 64.2 Å². The Labute approximate surface area is 176 Å². The zero-order chi connectivity index (χ0) is 20.2. The summed E-state index contributed by atoms with van der Waals surface area (Å²) in [5.41, 5.74) is 2.85. The molecule has 0 aromatic heterocycles. The Bertz CT molecular complexity index is 856. The summed E-state index contributed by atoms with van der Waals surface area (Å²) in [6.07, 6.45) is 3.41. The molecule has 1 atom stereocenters. The normalized spacial score (nSPS) is 19.9. The maximum Gasteiger partial charge on any atom is 0.254 e. The van der Waals surface area contributed by atoms with E-state index in [-0.39, 0.29) is 18.6 Å². The third kappa shape index (κ3) is 4.74. The fourth-order valence-electron chi connectivity index (χ4n) is 4.20. The molecule has 29 heavy (non-hydrogen) atoms. The van der Waals surface area contributed by atoms with Gasteiger partial charge in [0.15, 0.2) is 0 Å². The molecule has 2 aromatic rings. The number of fused-ring (bicyclic) bond motifs is 1. The first kappa shape index (κ1) is 20.2. The fourth-order valence-corrected chi connectivity index (χ4v) is 4.33. The summed E-state index contributed by atoms with van der Waals surface area (Å²) in [5, 5.41) is 10.3. The Morgan fingerprint density at radius 2 is 1.97 bits per heavy atom. The number of ether oxygens (including phenoxy) is 1. The highest BCUT2D eigenvalue weighted by Gasteiger charge is 2.24. The molecule has 4 rings (SSSR count). The molecule has 6 heteroatoms. The molecule has 0 radical (unpaired) electrons. The van der Waals surface area contributed by atoms with E-state index in [2.05, 4.69) is 17.0 Å². The molecule has 1 fully saturated rings. The van der Waals surface area contributed by atoms with Gasteiger partial charge in [0, 0.05) is 35.3 Å². The van der Waals surface area contributed by atoms with Crippen LogP contribution in [0.2, 0.25) is 5.02 Å². The number of aliphatic hydroxyl groups excluding tert-OH is 1. The van der Waals surface area contributed by atoms with Crippen molar-refractivity contribution in [3.8, 4) is 5.75 Å². The monoisotopic (exact) mass is 414 g/mol. The smallest absolute Gasteiger partial charge is 0.254 e. The van der Waals surface area contributed by atoms with Gasteiger partial charge in [0.2, 0.25) is 0 Å². The van der Waals surface area contributed by atoms with Gasteiger partial charge in [-0.15, -0.1) is 0 Å². The number of rotatable bonds is 4. The van der Waals surface area contributed by atoms with Crippen LogP contribution in [0.3, 0.4) is 0 Å². The Morgan fingerprint density at radius 1 is 1.14 bits per heavy atom. The first-order valence-electron chi connectivity index (χ1n) is 10.3. The average Bonchev–Trinajstić information content (AvgIpc) is 2.96. The van der Waals surface area contributed by atoms with Gasteiger partial charge in [0.25, 0.3) is 5.91 Å². The molecule has 2 aromatic carbocycles. The number of nitrogens with zero attached hydrogens (tertiary/aromatic N) is 2. The summed E-state index contributed by atoms with van der Waals surface area (Å²) >= 11 is 5.95. The minimum atomic E-state index is -0.0140. The number of hydrogen-bond donors (Lipinski definition) is 1. The van der Waals surface area contributed by atoms with Crippen LogP contribution in [0.4, 0.5) is 0 Å². The molecule has 0 unspecified atom stereocenters. The SMILES string of the molecule is O=C(c1ccc(Cl)cc1)N1CCOc2ccc(CN3CCCC[C@@H]3CO)cc2C1. The van der Waals surface area contributed by atoms with Gasteiger partial charge < -0.3 is 14.7 Å². The summed E-state index contributed by atoms with van der Waals surface area (Å²) in [7, 11) is 0. The molecule has 5 nitrogen and oxygen atoms in total. The Hall–Kier alpha value is -2.08. The van der Waals surface area contributed by atoms with E-state index in [0.717, 1.165) is 30.8 Å². The third-order valence-electron chi connectivity index (χ3n) is 5.83. The van der Waals surface area contributed by atoms with Gasteiger partial charge in [-0.05, 0) is 61.3 Å². The number of benzene rings is 2. The van der Waals surface area contributed by atoms with Crippen molar-refractivity contribution >= 4 is 17.5 Å². The molecule has 1 amide bonds. The maximum absolute atomic E-state index is 12.9. The second-order valence-electron chi connectivity index (χ2n) is 7.83. The van der Waals surface area contributed by atoms with Gasteiger partial charge in [-0.2, -0.15) is 0 Å². The highest BCUT2D eigenvalue weighted by Crippen LogP contribution is 2.27. The van der Waals surface area contributed by atoms with Gasteiger partial charge in [-0.25, -0.2) is 0 Å². The van der Waals surface area contributed by atoms with Crippen LogP contribution in [-0.2, 0) is 13.1 Å². The van der Waals surface area contributed by atoms with Crippen molar-refractivity contribution in [1.29, 1.82) is 0 Å². The lowest BCUT2D eigenvalue weighted by Crippen LogP contribution is -2.41. The van der Waals surface area contributed by atoms with E-state index in [9.17, 15) is 9.90 Å². The standard InChI is InChI=1S/C23H27ClN2O3/c24-20-7-5-18(6-8-20)23(28)26-11-12-29-22-9-4-17(13-19(22)15-26)14-25-10-2-1-3-21(25)16-27/h4-9,13,21,27H,1-3,10-12,14-16H2/t21-/m1/s1. The third-order valence-corrected chi connectivity index (χ3v) is 6.08. The van der Waals surface area contributed by atoms with Gasteiger partial charge in [-0.1, -0.05) is 24.1 Å². The van der Waals surface area contributed by atoms with Crippen molar-refractivity contribution < 1.29 is 14.6 Å². The van der Waals surface area contributed by atoms with Gasteiger partial charge >= 0.3 is 0 Å². The van der Waals surface area contributed by atoms with E-state index in [1.54, 1.807) is 24.3 Å². The van der Waals surface area contributed by atoms with Gasteiger partial charge in [0.1, 0.15) is 12.4 Å². The zero-order valence-electron chi connectivity index (χ0n) is 16.5. The molecule has 2 heterocycles. The minimum Gasteiger partial charge on any atom is -0.491 e. The van der Waals surface area contributed by atoms with E-state index in [0.29, 0.717) is 30.3 Å². The number of carbonyl (C=O) groups is 1. The lowest BCUT2D eigenvalue weighted by Gasteiger charge is -2.34. The van der Waals surface area contributed by atoms with Crippen LogP contribution in [0.15, 0.2) is 42.5 Å². The van der Waals surface area contributed by atoms with Crippen LogP contribution in [0, 0.1) is 0 Å². The quantitative estimate of drug-likeness (QED) is 0.828. The van der Waals surface area contributed by atoms with Crippen LogP contribution in [0.5, 0.6) is 5.75 Å². The lowest BCUT2D eigenvalue weighted by molar-refractivity contribution is 0.0733. The minimum absolute atomic E-state index is 0.0140. The zero-order valence-corrected chi connectivity index (χ0v) is 17.3. The average molecular weight is 415 g/mol. The molecule has 2 aliphatic heterocycles. The number of amides is 1. The molecule has 1 saturated heterocycles. The molecule has 154 valence electrons. The number of piperidine rings is 1. The van der Waals surface area contributed by atoms with Crippen LogP contribution in [0.25, 0.3) is 0 Å². The lowest BCUT2D eigenvalue weighted by atomic mass is 10.0. The maximum atomic E-state index is 12.9. The fraction of sp³-hybridized carbons (Fsp3) is 0.435. The summed E-state index contributed by atoms with van der Waals surface area (Å²) in [6.45, 7) is 3.57. The van der Waals surface area contributed by atoms with Crippen molar-refractivity contribution in [3.63, 3.8) is 0 Å². The van der Waals surface area contributed by atoms with E-state index in [4.69, 9.17) is 16.3 Å². The van der Waals surface area contributed by atoms with Crippen LogP contribution >= 0.6 is 11.6 Å². The highest BCUT2D eigenvalue weighted by molar-refractivity contribution is 6.30. The van der Waals surface area contributed by atoms with Gasteiger partial charge in [0.05, 0.1) is 13.2 Å². The van der Waals surface area contributed by atoms with Crippen molar-refractivity contribution in [2.75, 3.05) is 26.3 Å². The van der Waals surface area contributed by atoms with Crippen LogP contribution < -0.4 is 4.74 Å². The number of hydrogen-bond acceptors (Lipinski definition) is 4. The Kier molecular flexibility index (Phi) is 6.38. The largest absolute Gasteiger partial charge is 0.491 e. The molecular formula is C23H27ClN2O3. The molecule has 2 aliphatic rings. The van der Waals surface area contributed by atoms with Crippen LogP contribution in [-0.4, -0.2) is 53.2 Å². The van der Waals surface area contributed by atoms with Gasteiger partial charge in [-0.3, -0.25) is 9.69 Å². The first-order chi connectivity index (χ1) is 14.1. The van der Waals surface area contributed by atoms with Crippen molar-refractivity contribution in [2.24, 2.45) is 0 Å². The topological polar surface area (TPSA) is 53.0 Å². The first-order valence-corrected chi connectivity index (χ1v) is 10.7.